The maximum Gasteiger partial charge on any atom is 0.278 e. The van der Waals surface area contributed by atoms with Gasteiger partial charge in [0.05, 0.1) is 25.1 Å². The molecular weight excluding hydrogens is 574 g/mol. The second-order valence-electron chi connectivity index (χ2n) is 9.43. The fourth-order valence-electron chi connectivity index (χ4n) is 4.54. The fourth-order valence-corrected chi connectivity index (χ4v) is 4.54. The lowest BCUT2D eigenvalue weighted by molar-refractivity contribution is -0.130. The summed E-state index contributed by atoms with van der Waals surface area (Å²) in [4.78, 5) is 52.1. The molecule has 23 radical (unpaired) electrons. The predicted octanol–water partition coefficient (Wildman–Crippen LogP) is 2.43. The van der Waals surface area contributed by atoms with Gasteiger partial charge in [-0.05, 0) is 61.4 Å². The number of rotatable bonds is 7. The van der Waals surface area contributed by atoms with Crippen LogP contribution in [0.25, 0.3) is 11.1 Å². The number of amides is 3. The van der Waals surface area contributed by atoms with Crippen LogP contribution in [0.3, 0.4) is 0 Å². The molecule has 3 amide bonds. The molecule has 4 heterocycles. The molecule has 11 heteroatoms. The van der Waals surface area contributed by atoms with Gasteiger partial charge in [0.2, 0.25) is 0 Å². The number of aromatic nitrogens is 1. The highest BCUT2D eigenvalue weighted by Gasteiger charge is 2.43. The average Bonchev–Trinajstić information content (AvgIpc) is 3.37. The molecule has 6 rings (SSSR count). The Morgan fingerprint density at radius 2 is 1.53 bits per heavy atom. The number of benzene rings is 2. The standard InChI is InChI=1S/C34H16N5O6/c1-20-14-26(21(2)36(3)33(20)42)22-16-29(44-4)27(30(17-22)45-5)19-37-10-12-38(13-11-37)24-6-7-25-23(15-24)18-39(34(25)43)28-8-9-31(40)35-32(28)41/h6-7,14-17H,1-5H2. The molecule has 45 heavy (non-hydrogen) atoms. The summed E-state index contributed by atoms with van der Waals surface area (Å²) in [6, 6.07) is 9.44. The number of hydrogen-bond acceptors (Lipinski definition) is 8. The van der Waals surface area contributed by atoms with Gasteiger partial charge in [0.1, 0.15) is 51.9 Å². The zero-order chi connectivity index (χ0) is 32.0. The summed E-state index contributed by atoms with van der Waals surface area (Å²) in [6.07, 6.45) is 4.53. The average molecular weight is 591 g/mol. The van der Waals surface area contributed by atoms with E-state index in [2.05, 4.69) is 92.5 Å². The van der Waals surface area contributed by atoms with Gasteiger partial charge in [0, 0.05) is 41.5 Å². The van der Waals surface area contributed by atoms with Crippen LogP contribution in [0.2, 0.25) is 0 Å². The van der Waals surface area contributed by atoms with E-state index in [9.17, 15) is 19.2 Å². The predicted molar refractivity (Wildman–Crippen MR) is 154 cm³/mol. The Balaban J connectivity index is 1.15. The van der Waals surface area contributed by atoms with E-state index in [-0.39, 0.29) is 34.2 Å². The molecule has 0 saturated carbocycles. The molecule has 3 aliphatic heterocycles. The van der Waals surface area contributed by atoms with E-state index in [1.807, 2.05) is 0 Å². The van der Waals surface area contributed by atoms with Crippen LogP contribution in [0.15, 0.2) is 41.2 Å². The molecule has 2 fully saturated rings. The van der Waals surface area contributed by atoms with E-state index in [0.717, 1.165) is 9.47 Å². The number of anilines is 1. The van der Waals surface area contributed by atoms with E-state index >= 15 is 0 Å². The van der Waals surface area contributed by atoms with Gasteiger partial charge in [0.15, 0.2) is 6.04 Å². The van der Waals surface area contributed by atoms with Gasteiger partial charge in [-0.25, -0.2) is 0 Å². The van der Waals surface area contributed by atoms with Crippen molar-refractivity contribution in [3.63, 3.8) is 0 Å². The molecule has 3 aromatic rings. The minimum absolute atomic E-state index is 0.233. The Kier molecular flexibility index (Phi) is 8.13. The zero-order valence-electron chi connectivity index (χ0n) is 23.2. The van der Waals surface area contributed by atoms with Crippen LogP contribution in [-0.4, -0.2) is 32.1 Å². The van der Waals surface area contributed by atoms with Gasteiger partial charge in [0.25, 0.3) is 23.3 Å². The third kappa shape index (κ3) is 5.56. The number of piperidine rings is 1. The summed E-state index contributed by atoms with van der Waals surface area (Å²) in [5.74, 6) is -1.82. The highest BCUT2D eigenvalue weighted by Crippen LogP contribution is 2.40. The van der Waals surface area contributed by atoms with Crippen LogP contribution in [0, 0.1) is 93.3 Å². The van der Waals surface area contributed by atoms with Crippen LogP contribution in [0.1, 0.15) is 32.7 Å². The SMILES string of the molecule is [CH2]Oc1cc(-c2cc([CH2])c(=O)n([CH2])c2[CH2])cc(O[CH2])c1[C]N1[C][C]N(c2ccc3c(c2)[C]N([C]2[C][C]C(=O)[N]C2=O)C3=O)[C][C]1. The number of imide groups is 1. The molecule has 2 saturated heterocycles. The summed E-state index contributed by atoms with van der Waals surface area (Å²) >= 11 is 0. The summed E-state index contributed by atoms with van der Waals surface area (Å²) in [7, 11) is 10.8. The van der Waals surface area contributed by atoms with Crippen LogP contribution in [0.4, 0.5) is 5.69 Å². The van der Waals surface area contributed by atoms with E-state index in [1.165, 1.54) is 9.80 Å². The maximum absolute atomic E-state index is 12.9. The Bertz CT molecular complexity index is 1730. The van der Waals surface area contributed by atoms with Crippen LogP contribution in [0.5, 0.6) is 11.5 Å². The summed E-state index contributed by atoms with van der Waals surface area (Å²) in [5, 5.41) is 3.27. The lowest BCUT2D eigenvalue weighted by Crippen LogP contribution is -2.43. The van der Waals surface area contributed by atoms with Crippen molar-refractivity contribution in [2.75, 3.05) is 4.90 Å². The number of carbonyl (C=O) groups is 3. The van der Waals surface area contributed by atoms with Crippen molar-refractivity contribution in [2.24, 2.45) is 0 Å². The van der Waals surface area contributed by atoms with E-state index in [4.69, 9.17) is 9.47 Å². The van der Waals surface area contributed by atoms with Crippen molar-refractivity contribution in [3.05, 3.63) is 168 Å². The Morgan fingerprint density at radius 3 is 2.18 bits per heavy atom. The highest BCUT2D eigenvalue weighted by atomic mass is 16.5. The number of pyridine rings is 1. The number of hydrogen-bond donors (Lipinski definition) is 0. The van der Waals surface area contributed by atoms with Crippen molar-refractivity contribution in [3.8, 4) is 22.6 Å². The van der Waals surface area contributed by atoms with E-state index in [1.54, 1.807) is 36.4 Å². The topological polar surface area (TPSA) is 115 Å². The molecular formula is C34H16N5O6. The van der Waals surface area contributed by atoms with Gasteiger partial charge in [-0.3, -0.25) is 24.1 Å². The van der Waals surface area contributed by atoms with Gasteiger partial charge >= 0.3 is 0 Å². The molecule has 0 atom stereocenters. The molecule has 3 aliphatic rings. The minimum atomic E-state index is -0.911. The van der Waals surface area contributed by atoms with Crippen molar-refractivity contribution >= 4 is 23.4 Å². The smallest absolute Gasteiger partial charge is 0.278 e. The fraction of sp³-hybridized carbons (Fsp3) is 0. The maximum atomic E-state index is 12.9. The van der Waals surface area contributed by atoms with Crippen molar-refractivity contribution in [1.82, 2.24) is 19.7 Å². The van der Waals surface area contributed by atoms with Gasteiger partial charge in [-0.15, -0.1) is 0 Å². The lowest BCUT2D eigenvalue weighted by atomic mass is 9.99. The molecule has 0 aliphatic carbocycles. The van der Waals surface area contributed by atoms with E-state index in [0.29, 0.717) is 33.6 Å². The monoisotopic (exact) mass is 590 g/mol. The zero-order valence-corrected chi connectivity index (χ0v) is 23.2. The molecule has 0 bridgehead atoms. The number of ether oxygens (including phenoxy) is 2. The second-order valence-corrected chi connectivity index (χ2v) is 9.43. The first-order valence-electron chi connectivity index (χ1n) is 12.7. The van der Waals surface area contributed by atoms with Gasteiger partial charge in [-0.1, -0.05) is 0 Å². The first-order valence-corrected chi connectivity index (χ1v) is 12.7. The Hall–Kier alpha value is -4.64. The third-order valence-corrected chi connectivity index (χ3v) is 6.78. The summed E-state index contributed by atoms with van der Waals surface area (Å²) in [5.41, 5.74) is 2.86. The highest BCUT2D eigenvalue weighted by molar-refractivity contribution is 6.14. The molecule has 0 unspecified atom stereocenters. The number of carbonyl (C=O) groups excluding carboxylic acids is 3. The molecule has 11 nitrogen and oxygen atoms in total. The van der Waals surface area contributed by atoms with Crippen molar-refractivity contribution < 1.29 is 23.9 Å². The normalized spacial score (nSPS) is 17.5. The molecule has 1 aromatic heterocycles. The lowest BCUT2D eigenvalue weighted by Gasteiger charge is -2.32. The first-order chi connectivity index (χ1) is 21.6. The first kappa shape index (κ1) is 30.4. The Labute approximate surface area is 262 Å². The largest absolute Gasteiger partial charge is 0.490 e. The van der Waals surface area contributed by atoms with Gasteiger partial charge in [-0.2, -0.15) is 5.32 Å². The number of piperazine rings is 1. The number of fused-ring (bicyclic) bond motifs is 1. The Morgan fingerprint density at radius 1 is 0.844 bits per heavy atom. The number of nitrogens with zero attached hydrogens (tertiary/aromatic N) is 5. The molecule has 2 aromatic carbocycles. The van der Waals surface area contributed by atoms with Crippen molar-refractivity contribution in [2.45, 2.75) is 0 Å². The third-order valence-electron chi connectivity index (χ3n) is 6.78. The van der Waals surface area contributed by atoms with Crippen LogP contribution in [-0.2, 0) is 9.59 Å². The summed E-state index contributed by atoms with van der Waals surface area (Å²) in [6.45, 7) is 25.0. The minimum Gasteiger partial charge on any atom is -0.490 e. The van der Waals surface area contributed by atoms with Crippen molar-refractivity contribution in [1.29, 1.82) is 0 Å². The molecule has 213 valence electrons. The van der Waals surface area contributed by atoms with E-state index < -0.39 is 17.7 Å². The second kappa shape index (κ2) is 12.0. The van der Waals surface area contributed by atoms with Gasteiger partial charge < -0.3 is 23.8 Å². The van der Waals surface area contributed by atoms with Crippen LogP contribution >= 0.6 is 0 Å². The molecule has 0 spiro atoms. The summed E-state index contributed by atoms with van der Waals surface area (Å²) < 4.78 is 11.9. The quantitative estimate of drug-likeness (QED) is 0.386. The molecule has 0 N–H and O–H groups in total. The van der Waals surface area contributed by atoms with Crippen LogP contribution < -0.4 is 25.2 Å².